The van der Waals surface area contributed by atoms with Crippen LogP contribution in [0.25, 0.3) is 11.3 Å². The van der Waals surface area contributed by atoms with E-state index < -0.39 is 0 Å². The van der Waals surface area contributed by atoms with Gasteiger partial charge in [0, 0.05) is 36.2 Å². The highest BCUT2D eigenvalue weighted by Crippen LogP contribution is 2.58. The van der Waals surface area contributed by atoms with Crippen molar-refractivity contribution in [1.82, 2.24) is 15.3 Å². The van der Waals surface area contributed by atoms with E-state index in [-0.39, 0.29) is 46.8 Å². The number of fused-ring (bicyclic) bond motifs is 3. The van der Waals surface area contributed by atoms with Crippen LogP contribution < -0.4 is 15.0 Å². The highest BCUT2D eigenvalue weighted by atomic mass is 16.6. The van der Waals surface area contributed by atoms with E-state index in [9.17, 15) is 9.59 Å². The third-order valence-electron chi connectivity index (χ3n) is 12.2. The lowest BCUT2D eigenvalue weighted by molar-refractivity contribution is -0.124. The van der Waals surface area contributed by atoms with Crippen molar-refractivity contribution in [2.45, 2.75) is 128 Å². The Bertz CT molecular complexity index is 1630. The minimum Gasteiger partial charge on any atom is -0.496 e. The summed E-state index contributed by atoms with van der Waals surface area (Å²) in [5.74, 6) is 2.49. The molecule has 0 radical (unpaired) electrons. The number of oxazole rings is 1. The maximum atomic E-state index is 14.6. The van der Waals surface area contributed by atoms with Crippen LogP contribution in [0.5, 0.6) is 5.75 Å². The van der Waals surface area contributed by atoms with Crippen LogP contribution >= 0.6 is 0 Å². The van der Waals surface area contributed by atoms with E-state index in [2.05, 4.69) is 44.3 Å². The van der Waals surface area contributed by atoms with Crippen molar-refractivity contribution in [2.75, 3.05) is 18.6 Å². The fourth-order valence-electron chi connectivity index (χ4n) is 8.71. The maximum absolute atomic E-state index is 14.6. The number of nitrogens with zero attached hydrogens (tertiary/aromatic N) is 3. The molecule has 0 aliphatic heterocycles. The summed E-state index contributed by atoms with van der Waals surface area (Å²) in [5, 5.41) is 2.98. The van der Waals surface area contributed by atoms with Gasteiger partial charge >= 0.3 is 6.09 Å². The largest absolute Gasteiger partial charge is 0.496 e. The number of ether oxygens (including phenoxy) is 2. The van der Waals surface area contributed by atoms with Gasteiger partial charge in [-0.2, -0.15) is 0 Å². The van der Waals surface area contributed by atoms with Crippen LogP contribution in [0.15, 0.2) is 47.2 Å². The molecule has 0 saturated heterocycles. The molecular formula is C40H52N4O5. The molecule has 2 bridgehead atoms. The lowest BCUT2D eigenvalue weighted by atomic mass is 9.51. The van der Waals surface area contributed by atoms with Gasteiger partial charge in [0.15, 0.2) is 5.89 Å². The summed E-state index contributed by atoms with van der Waals surface area (Å²) in [5.41, 5.74) is 4.50. The molecule has 9 nitrogen and oxygen atoms in total. The number of anilines is 1. The van der Waals surface area contributed by atoms with Crippen molar-refractivity contribution in [3.8, 4) is 17.0 Å². The van der Waals surface area contributed by atoms with Crippen LogP contribution in [0, 0.1) is 18.3 Å². The predicted molar refractivity (Wildman–Crippen MR) is 189 cm³/mol. The van der Waals surface area contributed by atoms with Gasteiger partial charge in [0.2, 0.25) is 5.91 Å². The molecule has 262 valence electrons. The molecule has 9 heteroatoms. The summed E-state index contributed by atoms with van der Waals surface area (Å²) < 4.78 is 17.1. The summed E-state index contributed by atoms with van der Waals surface area (Å²) >= 11 is 0. The van der Waals surface area contributed by atoms with Crippen molar-refractivity contribution >= 4 is 17.8 Å². The number of hydrogen-bond donors (Lipinski definition) is 1. The van der Waals surface area contributed by atoms with Gasteiger partial charge in [0.1, 0.15) is 29.6 Å². The van der Waals surface area contributed by atoms with Crippen molar-refractivity contribution in [3.05, 3.63) is 59.8 Å². The number of hydrogen-bond acceptors (Lipinski definition) is 7. The number of pyridine rings is 1. The maximum Gasteiger partial charge on any atom is 0.407 e. The second-order valence-electron chi connectivity index (χ2n) is 15.7. The van der Waals surface area contributed by atoms with E-state index in [1.54, 1.807) is 19.6 Å². The molecule has 5 saturated carbocycles. The predicted octanol–water partition coefficient (Wildman–Crippen LogP) is 8.64. The molecule has 3 aromatic rings. The molecule has 1 aromatic carbocycles. The van der Waals surface area contributed by atoms with E-state index in [4.69, 9.17) is 23.9 Å². The summed E-state index contributed by atoms with van der Waals surface area (Å²) in [7, 11) is 1.73. The first-order valence-corrected chi connectivity index (χ1v) is 18.5. The van der Waals surface area contributed by atoms with E-state index in [0.29, 0.717) is 43.9 Å². The number of amides is 2. The van der Waals surface area contributed by atoms with Crippen molar-refractivity contribution < 1.29 is 23.5 Å². The van der Waals surface area contributed by atoms with Gasteiger partial charge in [0.05, 0.1) is 7.11 Å². The third kappa shape index (κ3) is 6.95. The number of alkyl carbamates (subject to hydrolysis) is 1. The molecule has 0 atom stereocenters. The average Bonchev–Trinajstić information content (AvgIpc) is 3.61. The lowest BCUT2D eigenvalue weighted by Crippen LogP contribution is -2.52. The Morgan fingerprint density at radius 2 is 1.73 bits per heavy atom. The fraction of sp³-hybridized carbons (Fsp3) is 0.600. The Morgan fingerprint density at radius 3 is 2.35 bits per heavy atom. The minimum absolute atomic E-state index is 0.0508. The van der Waals surface area contributed by atoms with Crippen molar-refractivity contribution in [3.63, 3.8) is 0 Å². The number of carbonyl (C=O) groups is 2. The molecule has 5 aliphatic carbocycles. The zero-order chi connectivity index (χ0) is 34.2. The lowest BCUT2D eigenvalue weighted by Gasteiger charge is -2.55. The van der Waals surface area contributed by atoms with E-state index >= 15 is 0 Å². The number of aromatic nitrogens is 2. The quantitative estimate of drug-likeness (QED) is 0.230. The number of rotatable bonds is 10. The number of aryl methyl sites for hydroxylation is 1. The van der Waals surface area contributed by atoms with Crippen LogP contribution in [0.4, 0.5) is 10.6 Å². The van der Waals surface area contributed by atoms with Crippen LogP contribution in [-0.2, 0) is 14.9 Å². The Morgan fingerprint density at radius 1 is 1.00 bits per heavy atom. The number of carbonyl (C=O) groups excluding carboxylic acids is 2. The SMILES string of the molecule is COc1ccc(C23CCC(CN(C(=O)C4CCC(OC(=O)NC5CCC5)CC4)c4cc(-c5coc(C(C)C)n5)ccn4)(CC2)CC3)cc1C. The van der Waals surface area contributed by atoms with Crippen molar-refractivity contribution in [1.29, 1.82) is 0 Å². The normalized spacial score (nSPS) is 26.6. The van der Waals surface area contributed by atoms with Gasteiger partial charge in [0.25, 0.3) is 0 Å². The van der Waals surface area contributed by atoms with Gasteiger partial charge in [-0.15, -0.1) is 0 Å². The second kappa shape index (κ2) is 13.8. The topological polar surface area (TPSA) is 107 Å². The minimum atomic E-state index is -0.315. The Hall–Kier alpha value is -3.88. The Kier molecular flexibility index (Phi) is 9.46. The summed E-state index contributed by atoms with van der Waals surface area (Å²) in [6, 6.07) is 10.9. The standard InChI is InChI=1S/C40H52N4O5/c1-26(2)36-43-33(24-48-36)29-14-21-41-35(23-29)44(37(45)28-8-11-32(12-9-28)49-38(46)42-31-6-5-7-31)25-39-15-18-40(19-16-39,20-17-39)30-10-13-34(47-4)27(3)22-30/h10,13-14,21-24,26,28,31-32H,5-9,11-12,15-20,25H2,1-4H3,(H,42,46). The Labute approximate surface area is 290 Å². The van der Waals surface area contributed by atoms with Crippen LogP contribution in [0.2, 0.25) is 0 Å². The van der Waals surface area contributed by atoms with E-state index in [1.165, 1.54) is 11.1 Å². The molecule has 2 amide bonds. The zero-order valence-corrected chi connectivity index (χ0v) is 29.6. The number of benzene rings is 1. The first-order chi connectivity index (χ1) is 23.7. The first kappa shape index (κ1) is 33.6. The third-order valence-corrected chi connectivity index (χ3v) is 12.2. The number of methoxy groups -OCH3 is 1. The van der Waals surface area contributed by atoms with Gasteiger partial charge in [-0.3, -0.25) is 9.69 Å². The highest BCUT2D eigenvalue weighted by molar-refractivity contribution is 5.95. The summed E-state index contributed by atoms with van der Waals surface area (Å²) in [6.45, 7) is 6.92. The van der Waals surface area contributed by atoms with Crippen LogP contribution in [0.3, 0.4) is 0 Å². The first-order valence-electron chi connectivity index (χ1n) is 18.5. The summed E-state index contributed by atoms with van der Waals surface area (Å²) in [6.07, 6.45) is 15.6. The molecule has 1 N–H and O–H groups in total. The fourth-order valence-corrected chi connectivity index (χ4v) is 8.71. The molecule has 0 unspecified atom stereocenters. The van der Waals surface area contributed by atoms with Crippen LogP contribution in [0.1, 0.15) is 120 Å². The summed E-state index contributed by atoms with van der Waals surface area (Å²) in [4.78, 5) is 38.6. The van der Waals surface area contributed by atoms with E-state index in [1.807, 2.05) is 17.0 Å². The molecule has 49 heavy (non-hydrogen) atoms. The van der Waals surface area contributed by atoms with Gasteiger partial charge in [-0.1, -0.05) is 26.0 Å². The molecule has 2 aromatic heterocycles. The van der Waals surface area contributed by atoms with Gasteiger partial charge in [-0.05, 0) is 131 Å². The van der Waals surface area contributed by atoms with Gasteiger partial charge < -0.3 is 19.2 Å². The van der Waals surface area contributed by atoms with Crippen LogP contribution in [-0.4, -0.2) is 47.8 Å². The smallest absolute Gasteiger partial charge is 0.407 e. The van der Waals surface area contributed by atoms with Gasteiger partial charge in [-0.25, -0.2) is 14.8 Å². The zero-order valence-electron chi connectivity index (χ0n) is 29.6. The number of nitrogens with one attached hydrogen (secondary N) is 1. The molecule has 5 fully saturated rings. The molecule has 0 spiro atoms. The molecule has 8 rings (SSSR count). The molecular weight excluding hydrogens is 616 g/mol. The van der Waals surface area contributed by atoms with Crippen molar-refractivity contribution in [2.24, 2.45) is 11.3 Å². The highest BCUT2D eigenvalue weighted by Gasteiger charge is 2.51. The average molecular weight is 669 g/mol. The molecule has 2 heterocycles. The monoisotopic (exact) mass is 668 g/mol. The van der Waals surface area contributed by atoms with E-state index in [0.717, 1.165) is 74.8 Å². The molecule has 5 aliphatic rings. The second-order valence-corrected chi connectivity index (χ2v) is 15.7. The Balaban J connectivity index is 1.09.